The summed E-state index contributed by atoms with van der Waals surface area (Å²) >= 11 is 5.86. The average Bonchev–Trinajstić information content (AvgIpc) is 2.87. The molecular formula is C26H28ClN5O3. The highest BCUT2D eigenvalue weighted by molar-refractivity contribution is 6.30. The van der Waals surface area contributed by atoms with Crippen LogP contribution in [0.3, 0.4) is 0 Å². The summed E-state index contributed by atoms with van der Waals surface area (Å²) in [6.45, 7) is 2.19. The van der Waals surface area contributed by atoms with Crippen LogP contribution >= 0.6 is 11.6 Å². The predicted octanol–water partition coefficient (Wildman–Crippen LogP) is 3.87. The van der Waals surface area contributed by atoms with Crippen LogP contribution in [0, 0.1) is 0 Å². The van der Waals surface area contributed by atoms with Gasteiger partial charge in [-0.15, -0.1) is 0 Å². The Balaban J connectivity index is 1.55. The maximum atomic E-state index is 13.3. The van der Waals surface area contributed by atoms with Gasteiger partial charge in [-0.05, 0) is 74.3 Å². The van der Waals surface area contributed by atoms with Crippen molar-refractivity contribution in [1.29, 1.82) is 0 Å². The van der Waals surface area contributed by atoms with Crippen LogP contribution < -0.4 is 26.4 Å². The predicted molar refractivity (Wildman–Crippen MR) is 137 cm³/mol. The molecule has 4 rings (SSSR count). The first-order valence-electron chi connectivity index (χ1n) is 11.6. The fraction of sp³-hybridized carbons (Fsp3) is 0.269. The number of hydrogen-bond donors (Lipinski definition) is 4. The van der Waals surface area contributed by atoms with Gasteiger partial charge in [0.05, 0.1) is 21.8 Å². The summed E-state index contributed by atoms with van der Waals surface area (Å²) in [5, 5.41) is 9.38. The number of nitrogens with two attached hydrogens (primary N) is 1. The number of aromatic nitrogens is 1. The van der Waals surface area contributed by atoms with Crippen molar-refractivity contribution >= 4 is 34.9 Å². The third-order valence-electron chi connectivity index (χ3n) is 5.66. The van der Waals surface area contributed by atoms with Crippen molar-refractivity contribution in [3.05, 3.63) is 82.5 Å². The van der Waals surface area contributed by atoms with Crippen molar-refractivity contribution in [3.8, 4) is 5.75 Å². The molecule has 0 radical (unpaired) electrons. The summed E-state index contributed by atoms with van der Waals surface area (Å²) in [7, 11) is 0. The van der Waals surface area contributed by atoms with Gasteiger partial charge in [0.25, 0.3) is 11.8 Å². The zero-order valence-electron chi connectivity index (χ0n) is 19.2. The van der Waals surface area contributed by atoms with E-state index in [1.165, 1.54) is 6.20 Å². The molecule has 35 heavy (non-hydrogen) atoms. The van der Waals surface area contributed by atoms with E-state index in [0.717, 1.165) is 31.5 Å². The van der Waals surface area contributed by atoms with Crippen LogP contribution in [0.25, 0.3) is 0 Å². The molecule has 9 heteroatoms. The number of carbonyl (C=O) groups excluding carboxylic acids is 2. The maximum Gasteiger partial charge on any atom is 0.259 e. The topological polar surface area (TPSA) is 118 Å². The van der Waals surface area contributed by atoms with Gasteiger partial charge in [0, 0.05) is 12.7 Å². The molecule has 1 unspecified atom stereocenters. The quantitative estimate of drug-likeness (QED) is 0.378. The minimum absolute atomic E-state index is 0.0200. The van der Waals surface area contributed by atoms with E-state index < -0.39 is 5.91 Å². The van der Waals surface area contributed by atoms with Gasteiger partial charge in [-0.2, -0.15) is 0 Å². The Labute approximate surface area is 209 Å². The van der Waals surface area contributed by atoms with Crippen molar-refractivity contribution in [2.45, 2.75) is 25.4 Å². The van der Waals surface area contributed by atoms with Gasteiger partial charge in [-0.3, -0.25) is 9.59 Å². The van der Waals surface area contributed by atoms with Crippen molar-refractivity contribution in [1.82, 2.24) is 10.3 Å². The van der Waals surface area contributed by atoms with Crippen LogP contribution in [0.5, 0.6) is 5.75 Å². The molecule has 1 aliphatic heterocycles. The summed E-state index contributed by atoms with van der Waals surface area (Å²) in [4.78, 5) is 30.3. The Morgan fingerprint density at radius 3 is 2.66 bits per heavy atom. The molecule has 0 saturated carbocycles. The van der Waals surface area contributed by atoms with Crippen LogP contribution in [0.1, 0.15) is 39.1 Å². The Hall–Kier alpha value is -3.46. The fourth-order valence-electron chi connectivity index (χ4n) is 3.89. The van der Waals surface area contributed by atoms with Gasteiger partial charge in [-0.1, -0.05) is 29.8 Å². The SMILES string of the molecule is NCCc1ccc(C(=O)Nc2ccccc2C(=O)Nc2ccc(Cl)cn2)c(OC2CCCNC2)c1. The van der Waals surface area contributed by atoms with E-state index in [9.17, 15) is 9.59 Å². The molecular weight excluding hydrogens is 466 g/mol. The maximum absolute atomic E-state index is 13.3. The minimum atomic E-state index is -0.404. The van der Waals surface area contributed by atoms with E-state index in [4.69, 9.17) is 22.1 Å². The van der Waals surface area contributed by atoms with Gasteiger partial charge in [-0.25, -0.2) is 4.98 Å². The van der Waals surface area contributed by atoms with Crippen LogP contribution in [0.15, 0.2) is 60.8 Å². The van der Waals surface area contributed by atoms with Crippen LogP contribution in [0.4, 0.5) is 11.5 Å². The zero-order valence-corrected chi connectivity index (χ0v) is 20.0. The number of carbonyl (C=O) groups is 2. The van der Waals surface area contributed by atoms with E-state index in [0.29, 0.717) is 46.4 Å². The van der Waals surface area contributed by atoms with E-state index in [2.05, 4.69) is 20.9 Å². The molecule has 1 fully saturated rings. The molecule has 0 bridgehead atoms. The Kier molecular flexibility index (Phi) is 8.31. The largest absolute Gasteiger partial charge is 0.488 e. The van der Waals surface area contributed by atoms with Gasteiger partial charge in [0.15, 0.2) is 0 Å². The number of ether oxygens (including phenoxy) is 1. The first kappa shape index (κ1) is 24.7. The molecule has 1 aliphatic rings. The number of nitrogens with one attached hydrogen (secondary N) is 3. The lowest BCUT2D eigenvalue weighted by molar-refractivity contribution is 0.101. The molecule has 182 valence electrons. The van der Waals surface area contributed by atoms with E-state index in [1.54, 1.807) is 42.5 Å². The van der Waals surface area contributed by atoms with Crippen LogP contribution in [0.2, 0.25) is 5.02 Å². The lowest BCUT2D eigenvalue weighted by Gasteiger charge is -2.25. The normalized spacial score (nSPS) is 15.3. The molecule has 2 aromatic carbocycles. The lowest BCUT2D eigenvalue weighted by Crippen LogP contribution is -2.37. The number of anilines is 2. The summed E-state index contributed by atoms with van der Waals surface area (Å²) in [5.41, 5.74) is 7.79. The zero-order chi connectivity index (χ0) is 24.6. The first-order valence-corrected chi connectivity index (χ1v) is 11.9. The van der Waals surface area contributed by atoms with E-state index in [-0.39, 0.29) is 12.0 Å². The Morgan fingerprint density at radius 1 is 1.09 bits per heavy atom. The summed E-state index contributed by atoms with van der Waals surface area (Å²) in [6, 6.07) is 15.5. The standard InChI is InChI=1S/C26H28ClN5O3/c27-18-8-10-24(30-15-18)32-25(33)20-5-1-2-6-22(20)31-26(34)21-9-7-17(11-12-28)14-23(21)35-19-4-3-13-29-16-19/h1-2,5-10,14-15,19,29H,3-4,11-13,16,28H2,(H,31,34)(H,30,32,33). The average molecular weight is 494 g/mol. The third kappa shape index (κ3) is 6.57. The van der Waals surface area contributed by atoms with Crippen LogP contribution in [-0.4, -0.2) is 42.5 Å². The van der Waals surface area contributed by atoms with E-state index in [1.807, 2.05) is 12.1 Å². The molecule has 0 spiro atoms. The molecule has 3 aromatic rings. The minimum Gasteiger partial charge on any atom is -0.488 e. The second-order valence-electron chi connectivity index (χ2n) is 8.27. The number of rotatable bonds is 8. The summed E-state index contributed by atoms with van der Waals surface area (Å²) in [5.74, 6) is 0.0916. The smallest absolute Gasteiger partial charge is 0.259 e. The number of hydrogen-bond acceptors (Lipinski definition) is 6. The van der Waals surface area contributed by atoms with Gasteiger partial charge in [0.1, 0.15) is 17.7 Å². The first-order chi connectivity index (χ1) is 17.0. The van der Waals surface area contributed by atoms with Crippen LogP contribution in [-0.2, 0) is 6.42 Å². The van der Waals surface area contributed by atoms with Crippen molar-refractivity contribution in [3.63, 3.8) is 0 Å². The number of pyridine rings is 1. The summed E-state index contributed by atoms with van der Waals surface area (Å²) in [6.07, 6.45) is 4.04. The second-order valence-corrected chi connectivity index (χ2v) is 8.71. The number of amides is 2. The number of para-hydroxylation sites is 1. The number of piperidine rings is 1. The van der Waals surface area contributed by atoms with Crippen molar-refractivity contribution in [2.75, 3.05) is 30.3 Å². The highest BCUT2D eigenvalue weighted by Crippen LogP contribution is 2.26. The van der Waals surface area contributed by atoms with Gasteiger partial charge in [0.2, 0.25) is 0 Å². The van der Waals surface area contributed by atoms with Crippen molar-refractivity contribution in [2.24, 2.45) is 5.73 Å². The van der Waals surface area contributed by atoms with E-state index >= 15 is 0 Å². The monoisotopic (exact) mass is 493 g/mol. The molecule has 8 nitrogen and oxygen atoms in total. The Bertz CT molecular complexity index is 1180. The molecule has 0 aliphatic carbocycles. The summed E-state index contributed by atoms with van der Waals surface area (Å²) < 4.78 is 6.24. The van der Waals surface area contributed by atoms with Crippen molar-refractivity contribution < 1.29 is 14.3 Å². The third-order valence-corrected chi connectivity index (χ3v) is 5.88. The molecule has 5 N–H and O–H groups in total. The Morgan fingerprint density at radius 2 is 1.91 bits per heavy atom. The van der Waals surface area contributed by atoms with Gasteiger partial charge < -0.3 is 26.4 Å². The molecule has 2 amide bonds. The lowest BCUT2D eigenvalue weighted by atomic mass is 10.1. The second kappa shape index (κ2) is 11.8. The number of nitrogens with zero attached hydrogens (tertiary/aromatic N) is 1. The number of benzene rings is 2. The highest BCUT2D eigenvalue weighted by atomic mass is 35.5. The number of halogens is 1. The molecule has 1 atom stereocenters. The molecule has 1 aromatic heterocycles. The molecule has 1 saturated heterocycles. The highest BCUT2D eigenvalue weighted by Gasteiger charge is 2.21. The molecule has 2 heterocycles. The van der Waals surface area contributed by atoms with Gasteiger partial charge >= 0.3 is 0 Å². The fourth-order valence-corrected chi connectivity index (χ4v) is 4.00.